The van der Waals surface area contributed by atoms with Gasteiger partial charge in [0.05, 0.1) is 13.5 Å². The predicted molar refractivity (Wildman–Crippen MR) is 61.7 cm³/mol. The maximum absolute atomic E-state index is 10.7. The van der Waals surface area contributed by atoms with E-state index in [1.165, 1.54) is 20.0 Å². The second kappa shape index (κ2) is 10.9. The molecule has 0 saturated carbocycles. The number of esters is 1. The van der Waals surface area contributed by atoms with Crippen LogP contribution in [0, 0.1) is 0 Å². The van der Waals surface area contributed by atoms with E-state index in [1.54, 1.807) is 0 Å². The molecular weight excluding hydrogens is 198 g/mol. The van der Waals surface area contributed by atoms with Gasteiger partial charge in [-0.3, -0.25) is 4.79 Å². The van der Waals surface area contributed by atoms with Gasteiger partial charge in [0.2, 0.25) is 0 Å². The second-order valence-corrected chi connectivity index (χ2v) is 4.27. The number of carbonyl (C=O) groups is 1. The van der Waals surface area contributed by atoms with Crippen molar-refractivity contribution in [2.75, 3.05) is 31.7 Å². The molecule has 3 nitrogen and oxygen atoms in total. The number of thioether (sulfide) groups is 1. The zero-order chi connectivity index (χ0) is 10.6. The van der Waals surface area contributed by atoms with Crippen molar-refractivity contribution in [3.05, 3.63) is 0 Å². The van der Waals surface area contributed by atoms with Crippen LogP contribution in [-0.2, 0) is 9.53 Å². The number of carbonyl (C=O) groups excluding carboxylic acids is 1. The molecule has 0 spiro atoms. The fraction of sp³-hybridized carbons (Fsp3) is 0.900. The summed E-state index contributed by atoms with van der Waals surface area (Å²) in [6, 6.07) is 0. The largest absolute Gasteiger partial charge is 0.469 e. The standard InChI is InChI=1S/C10H21NO2S/c1-3-6-11-7-4-8-14-9-5-10(12)13-2/h11H,3-9H2,1-2H3. The Bertz CT molecular complexity index is 142. The summed E-state index contributed by atoms with van der Waals surface area (Å²) in [5.41, 5.74) is 0. The normalized spacial score (nSPS) is 10.1. The first-order valence-corrected chi connectivity index (χ1v) is 6.32. The molecule has 0 aliphatic rings. The summed E-state index contributed by atoms with van der Waals surface area (Å²) in [5.74, 6) is 1.88. The summed E-state index contributed by atoms with van der Waals surface area (Å²) in [6.45, 7) is 4.35. The van der Waals surface area contributed by atoms with Crippen molar-refractivity contribution in [2.45, 2.75) is 26.2 Å². The summed E-state index contributed by atoms with van der Waals surface area (Å²) in [7, 11) is 1.43. The first-order valence-electron chi connectivity index (χ1n) is 5.16. The van der Waals surface area contributed by atoms with Gasteiger partial charge < -0.3 is 10.1 Å². The van der Waals surface area contributed by atoms with E-state index in [0.717, 1.165) is 24.6 Å². The van der Waals surface area contributed by atoms with Crippen LogP contribution in [0.1, 0.15) is 26.2 Å². The van der Waals surface area contributed by atoms with Crippen LogP contribution < -0.4 is 5.32 Å². The minimum Gasteiger partial charge on any atom is -0.469 e. The zero-order valence-corrected chi connectivity index (χ0v) is 9.99. The molecule has 0 bridgehead atoms. The zero-order valence-electron chi connectivity index (χ0n) is 9.17. The van der Waals surface area contributed by atoms with Crippen LogP contribution in [0.15, 0.2) is 0 Å². The first-order chi connectivity index (χ1) is 6.81. The highest BCUT2D eigenvalue weighted by Gasteiger charge is 1.98. The van der Waals surface area contributed by atoms with Crippen LogP contribution in [0.5, 0.6) is 0 Å². The van der Waals surface area contributed by atoms with Gasteiger partial charge in [0.1, 0.15) is 0 Å². The van der Waals surface area contributed by atoms with E-state index >= 15 is 0 Å². The van der Waals surface area contributed by atoms with E-state index in [4.69, 9.17) is 0 Å². The van der Waals surface area contributed by atoms with Gasteiger partial charge in [-0.25, -0.2) is 0 Å². The molecule has 0 saturated heterocycles. The van der Waals surface area contributed by atoms with Gasteiger partial charge in [-0.2, -0.15) is 11.8 Å². The molecule has 4 heteroatoms. The van der Waals surface area contributed by atoms with Crippen molar-refractivity contribution in [1.82, 2.24) is 5.32 Å². The van der Waals surface area contributed by atoms with Crippen molar-refractivity contribution in [1.29, 1.82) is 0 Å². The maximum atomic E-state index is 10.7. The van der Waals surface area contributed by atoms with Gasteiger partial charge in [0.25, 0.3) is 0 Å². The van der Waals surface area contributed by atoms with E-state index in [-0.39, 0.29) is 5.97 Å². The molecule has 0 aromatic carbocycles. The van der Waals surface area contributed by atoms with Crippen molar-refractivity contribution in [3.8, 4) is 0 Å². The van der Waals surface area contributed by atoms with Crippen molar-refractivity contribution in [3.63, 3.8) is 0 Å². The Balaban J connectivity index is 2.95. The molecule has 0 aliphatic heterocycles. The van der Waals surface area contributed by atoms with Crippen molar-refractivity contribution < 1.29 is 9.53 Å². The third kappa shape index (κ3) is 9.86. The summed E-state index contributed by atoms with van der Waals surface area (Å²) in [6.07, 6.45) is 2.89. The topological polar surface area (TPSA) is 38.3 Å². The average Bonchev–Trinajstić information content (AvgIpc) is 2.21. The molecule has 0 amide bonds. The number of hydrogen-bond acceptors (Lipinski definition) is 4. The second-order valence-electron chi connectivity index (χ2n) is 3.04. The smallest absolute Gasteiger partial charge is 0.306 e. The highest BCUT2D eigenvalue weighted by Crippen LogP contribution is 2.04. The number of methoxy groups -OCH3 is 1. The molecule has 0 unspecified atom stereocenters. The highest BCUT2D eigenvalue weighted by molar-refractivity contribution is 7.99. The minimum atomic E-state index is -0.110. The van der Waals surface area contributed by atoms with Crippen molar-refractivity contribution >= 4 is 17.7 Å². The van der Waals surface area contributed by atoms with Gasteiger partial charge in [0.15, 0.2) is 0 Å². The lowest BCUT2D eigenvalue weighted by atomic mass is 10.4. The molecule has 0 rings (SSSR count). The average molecular weight is 219 g/mol. The molecule has 0 atom stereocenters. The molecule has 0 aliphatic carbocycles. The van der Waals surface area contributed by atoms with E-state index in [0.29, 0.717) is 6.42 Å². The van der Waals surface area contributed by atoms with E-state index in [1.807, 2.05) is 11.8 Å². The Kier molecular flexibility index (Phi) is 10.7. The van der Waals surface area contributed by atoms with Crippen LogP contribution >= 0.6 is 11.8 Å². The van der Waals surface area contributed by atoms with Gasteiger partial charge in [0, 0.05) is 5.75 Å². The molecule has 0 aromatic rings. The molecule has 0 aromatic heterocycles. The number of rotatable bonds is 9. The van der Waals surface area contributed by atoms with Crippen LogP contribution in [0.25, 0.3) is 0 Å². The van der Waals surface area contributed by atoms with Crippen molar-refractivity contribution in [2.24, 2.45) is 0 Å². The minimum absolute atomic E-state index is 0.110. The monoisotopic (exact) mass is 219 g/mol. The summed E-state index contributed by atoms with van der Waals surface area (Å²) in [4.78, 5) is 10.7. The fourth-order valence-corrected chi connectivity index (χ4v) is 1.82. The number of ether oxygens (including phenoxy) is 1. The Hall–Kier alpha value is -0.220. The third-order valence-electron chi connectivity index (χ3n) is 1.75. The molecule has 14 heavy (non-hydrogen) atoms. The Morgan fingerprint density at radius 3 is 2.79 bits per heavy atom. The molecular formula is C10H21NO2S. The summed E-state index contributed by atoms with van der Waals surface area (Å²) in [5, 5.41) is 3.34. The summed E-state index contributed by atoms with van der Waals surface area (Å²) < 4.78 is 4.55. The number of nitrogens with one attached hydrogen (secondary N) is 1. The Morgan fingerprint density at radius 2 is 2.14 bits per heavy atom. The molecule has 0 radical (unpaired) electrons. The lowest BCUT2D eigenvalue weighted by Crippen LogP contribution is -2.16. The number of hydrogen-bond donors (Lipinski definition) is 1. The fourth-order valence-electron chi connectivity index (χ4n) is 0.961. The Morgan fingerprint density at radius 1 is 1.36 bits per heavy atom. The van der Waals surface area contributed by atoms with Crippen LogP contribution in [0.3, 0.4) is 0 Å². The molecule has 0 heterocycles. The van der Waals surface area contributed by atoms with E-state index in [9.17, 15) is 4.79 Å². The van der Waals surface area contributed by atoms with Gasteiger partial charge in [-0.05, 0) is 31.7 Å². The van der Waals surface area contributed by atoms with E-state index in [2.05, 4.69) is 17.0 Å². The summed E-state index contributed by atoms with van der Waals surface area (Å²) >= 11 is 1.81. The van der Waals surface area contributed by atoms with Gasteiger partial charge in [-0.15, -0.1) is 0 Å². The van der Waals surface area contributed by atoms with Crippen LogP contribution in [0.2, 0.25) is 0 Å². The molecule has 84 valence electrons. The van der Waals surface area contributed by atoms with Crippen LogP contribution in [0.4, 0.5) is 0 Å². The SMILES string of the molecule is CCCNCCCSCCC(=O)OC. The lowest BCUT2D eigenvalue weighted by molar-refractivity contribution is -0.140. The maximum Gasteiger partial charge on any atom is 0.306 e. The Labute approximate surface area is 91.0 Å². The first kappa shape index (κ1) is 13.8. The van der Waals surface area contributed by atoms with Gasteiger partial charge in [-0.1, -0.05) is 6.92 Å². The molecule has 0 fully saturated rings. The third-order valence-corrected chi connectivity index (χ3v) is 2.82. The van der Waals surface area contributed by atoms with E-state index < -0.39 is 0 Å². The quantitative estimate of drug-likeness (QED) is 0.473. The highest BCUT2D eigenvalue weighted by atomic mass is 32.2. The van der Waals surface area contributed by atoms with Crippen LogP contribution in [-0.4, -0.2) is 37.7 Å². The predicted octanol–water partition coefficient (Wildman–Crippen LogP) is 1.67. The lowest BCUT2D eigenvalue weighted by Gasteiger charge is -2.02. The van der Waals surface area contributed by atoms with Gasteiger partial charge >= 0.3 is 5.97 Å². The molecule has 1 N–H and O–H groups in total.